The van der Waals surface area contributed by atoms with E-state index < -0.39 is 10.8 Å². The van der Waals surface area contributed by atoms with E-state index in [4.69, 9.17) is 5.11 Å². The van der Waals surface area contributed by atoms with E-state index in [1.807, 2.05) is 0 Å². The molecule has 21 heavy (non-hydrogen) atoms. The Morgan fingerprint density at radius 3 is 2.52 bits per heavy atom. The molecule has 0 heterocycles. The van der Waals surface area contributed by atoms with Gasteiger partial charge in [0.05, 0.1) is 9.40 Å². The van der Waals surface area contributed by atoms with Crippen molar-refractivity contribution < 1.29 is 14.8 Å². The SMILES string of the molecule is O=C(NCc1ccc(O)cc1)c1ccc(Br)c([N+](=O)[O-])c1. The number of halogens is 1. The second-order valence-electron chi connectivity index (χ2n) is 4.27. The van der Waals surface area contributed by atoms with Gasteiger partial charge in [-0.3, -0.25) is 14.9 Å². The number of benzene rings is 2. The standard InChI is InChI=1S/C14H11BrN2O4/c15-12-6-3-10(7-13(12)17(20)21)14(19)16-8-9-1-4-11(18)5-2-9/h1-7,18H,8H2,(H,16,19). The number of carbonyl (C=O) groups excluding carboxylic acids is 1. The summed E-state index contributed by atoms with van der Waals surface area (Å²) >= 11 is 3.07. The second kappa shape index (κ2) is 6.36. The normalized spacial score (nSPS) is 10.1. The van der Waals surface area contributed by atoms with Gasteiger partial charge in [-0.15, -0.1) is 0 Å². The first kappa shape index (κ1) is 15.0. The fraction of sp³-hybridized carbons (Fsp3) is 0.0714. The van der Waals surface area contributed by atoms with Crippen LogP contribution in [0.5, 0.6) is 5.75 Å². The van der Waals surface area contributed by atoms with Crippen molar-refractivity contribution >= 4 is 27.5 Å². The third-order valence-electron chi connectivity index (χ3n) is 2.79. The van der Waals surface area contributed by atoms with E-state index in [1.165, 1.54) is 30.3 Å². The van der Waals surface area contributed by atoms with Gasteiger partial charge in [0, 0.05) is 18.2 Å². The Bertz CT molecular complexity index is 686. The van der Waals surface area contributed by atoms with Crippen LogP contribution in [-0.4, -0.2) is 15.9 Å². The molecule has 0 atom stereocenters. The maximum Gasteiger partial charge on any atom is 0.284 e. The van der Waals surface area contributed by atoms with E-state index in [0.717, 1.165) is 5.56 Å². The molecule has 1 amide bonds. The molecule has 7 heteroatoms. The Balaban J connectivity index is 2.08. The van der Waals surface area contributed by atoms with Gasteiger partial charge in [-0.1, -0.05) is 12.1 Å². The van der Waals surface area contributed by atoms with Gasteiger partial charge < -0.3 is 10.4 Å². The van der Waals surface area contributed by atoms with Crippen molar-refractivity contribution in [1.29, 1.82) is 0 Å². The van der Waals surface area contributed by atoms with Crippen molar-refractivity contribution in [2.75, 3.05) is 0 Å². The molecule has 0 radical (unpaired) electrons. The lowest BCUT2D eigenvalue weighted by Gasteiger charge is -2.06. The van der Waals surface area contributed by atoms with Crippen LogP contribution < -0.4 is 5.32 Å². The van der Waals surface area contributed by atoms with Crippen LogP contribution in [0, 0.1) is 10.1 Å². The fourth-order valence-corrected chi connectivity index (χ4v) is 2.08. The van der Waals surface area contributed by atoms with Crippen LogP contribution in [0.1, 0.15) is 15.9 Å². The molecular weight excluding hydrogens is 340 g/mol. The number of nitro benzene ring substituents is 1. The molecule has 2 aromatic carbocycles. The van der Waals surface area contributed by atoms with E-state index in [1.54, 1.807) is 12.1 Å². The van der Waals surface area contributed by atoms with Crippen molar-refractivity contribution in [3.05, 3.63) is 68.2 Å². The molecule has 2 rings (SSSR count). The number of hydrogen-bond acceptors (Lipinski definition) is 4. The number of aromatic hydroxyl groups is 1. The van der Waals surface area contributed by atoms with Crippen LogP contribution >= 0.6 is 15.9 Å². The predicted molar refractivity (Wildman–Crippen MR) is 80.1 cm³/mol. The lowest BCUT2D eigenvalue weighted by molar-refractivity contribution is -0.385. The summed E-state index contributed by atoms with van der Waals surface area (Å²) in [5.74, 6) is -0.257. The number of phenols is 1. The minimum Gasteiger partial charge on any atom is -0.508 e. The fourth-order valence-electron chi connectivity index (χ4n) is 1.69. The Hall–Kier alpha value is -2.41. The Kier molecular flexibility index (Phi) is 4.54. The van der Waals surface area contributed by atoms with Crippen molar-refractivity contribution in [3.8, 4) is 5.75 Å². The molecule has 0 saturated carbocycles. The summed E-state index contributed by atoms with van der Waals surface area (Å²) in [7, 11) is 0. The number of nitro groups is 1. The van der Waals surface area contributed by atoms with Crippen LogP contribution in [0.25, 0.3) is 0 Å². The van der Waals surface area contributed by atoms with Gasteiger partial charge in [0.1, 0.15) is 5.75 Å². The number of hydrogen-bond donors (Lipinski definition) is 2. The summed E-state index contributed by atoms with van der Waals surface area (Å²) in [6.45, 7) is 0.267. The average molecular weight is 351 g/mol. The maximum absolute atomic E-state index is 12.0. The molecule has 0 spiro atoms. The highest BCUT2D eigenvalue weighted by atomic mass is 79.9. The Morgan fingerprint density at radius 1 is 1.24 bits per heavy atom. The molecule has 0 fully saturated rings. The zero-order valence-electron chi connectivity index (χ0n) is 10.7. The minimum atomic E-state index is -0.555. The second-order valence-corrected chi connectivity index (χ2v) is 5.13. The maximum atomic E-state index is 12.0. The summed E-state index contributed by atoms with van der Waals surface area (Å²) in [4.78, 5) is 22.2. The number of rotatable bonds is 4. The summed E-state index contributed by atoms with van der Waals surface area (Å²) < 4.78 is 0.322. The molecule has 0 aromatic heterocycles. The molecular formula is C14H11BrN2O4. The highest BCUT2D eigenvalue weighted by molar-refractivity contribution is 9.10. The van der Waals surface area contributed by atoms with Crippen molar-refractivity contribution in [1.82, 2.24) is 5.32 Å². The molecule has 0 unspecified atom stereocenters. The lowest BCUT2D eigenvalue weighted by Crippen LogP contribution is -2.22. The van der Waals surface area contributed by atoms with E-state index in [0.29, 0.717) is 4.47 Å². The zero-order chi connectivity index (χ0) is 15.4. The van der Waals surface area contributed by atoms with Crippen molar-refractivity contribution in [3.63, 3.8) is 0 Å². The van der Waals surface area contributed by atoms with Crippen LogP contribution in [-0.2, 0) is 6.54 Å². The largest absolute Gasteiger partial charge is 0.508 e. The van der Waals surface area contributed by atoms with Gasteiger partial charge in [-0.05, 0) is 45.8 Å². The number of carbonyl (C=O) groups is 1. The zero-order valence-corrected chi connectivity index (χ0v) is 12.3. The molecule has 0 saturated heterocycles. The summed E-state index contributed by atoms with van der Waals surface area (Å²) in [5, 5.41) is 22.7. The first-order valence-corrected chi connectivity index (χ1v) is 6.76. The first-order valence-electron chi connectivity index (χ1n) is 5.97. The Morgan fingerprint density at radius 2 is 1.90 bits per heavy atom. The van der Waals surface area contributed by atoms with E-state index in [9.17, 15) is 14.9 Å². The lowest BCUT2D eigenvalue weighted by atomic mass is 10.1. The van der Waals surface area contributed by atoms with E-state index in [-0.39, 0.29) is 23.5 Å². The average Bonchev–Trinajstić information content (AvgIpc) is 2.46. The molecule has 0 bridgehead atoms. The smallest absolute Gasteiger partial charge is 0.284 e. The number of phenolic OH excluding ortho intramolecular Hbond substituents is 1. The summed E-state index contributed by atoms with van der Waals surface area (Å²) in [6, 6.07) is 10.6. The predicted octanol–water partition coefficient (Wildman–Crippen LogP) is 2.99. The van der Waals surface area contributed by atoms with E-state index in [2.05, 4.69) is 21.2 Å². The molecule has 0 aliphatic carbocycles. The first-order chi connectivity index (χ1) is 9.97. The Labute approximate surface area is 128 Å². The molecule has 108 valence electrons. The molecule has 0 aliphatic rings. The third kappa shape index (κ3) is 3.79. The van der Waals surface area contributed by atoms with Gasteiger partial charge in [-0.25, -0.2) is 0 Å². The monoisotopic (exact) mass is 350 g/mol. The van der Waals surface area contributed by atoms with Gasteiger partial charge in [0.25, 0.3) is 11.6 Å². The van der Waals surface area contributed by atoms with Crippen molar-refractivity contribution in [2.24, 2.45) is 0 Å². The minimum absolute atomic E-state index is 0.147. The molecule has 0 aliphatic heterocycles. The van der Waals surface area contributed by atoms with Crippen LogP contribution in [0.2, 0.25) is 0 Å². The quantitative estimate of drug-likeness (QED) is 0.654. The highest BCUT2D eigenvalue weighted by Gasteiger charge is 2.15. The van der Waals surface area contributed by atoms with Crippen molar-refractivity contribution in [2.45, 2.75) is 6.54 Å². The highest BCUT2D eigenvalue weighted by Crippen LogP contribution is 2.25. The molecule has 6 nitrogen and oxygen atoms in total. The van der Waals surface area contributed by atoms with Crippen LogP contribution in [0.4, 0.5) is 5.69 Å². The van der Waals surface area contributed by atoms with Gasteiger partial charge in [0.2, 0.25) is 0 Å². The van der Waals surface area contributed by atoms with E-state index >= 15 is 0 Å². The number of amides is 1. The van der Waals surface area contributed by atoms with Gasteiger partial charge in [-0.2, -0.15) is 0 Å². The summed E-state index contributed by atoms with van der Waals surface area (Å²) in [6.07, 6.45) is 0. The molecule has 2 aromatic rings. The van der Waals surface area contributed by atoms with Crippen LogP contribution in [0.15, 0.2) is 46.9 Å². The number of nitrogens with zero attached hydrogens (tertiary/aromatic N) is 1. The van der Waals surface area contributed by atoms with Crippen LogP contribution in [0.3, 0.4) is 0 Å². The number of nitrogens with one attached hydrogen (secondary N) is 1. The summed E-state index contributed by atoms with van der Waals surface area (Å²) in [5.41, 5.74) is 0.865. The van der Waals surface area contributed by atoms with Gasteiger partial charge in [0.15, 0.2) is 0 Å². The third-order valence-corrected chi connectivity index (χ3v) is 3.47. The topological polar surface area (TPSA) is 92.5 Å². The van der Waals surface area contributed by atoms with Gasteiger partial charge >= 0.3 is 0 Å². The molecule has 2 N–H and O–H groups in total.